The van der Waals surface area contributed by atoms with Crippen molar-refractivity contribution < 1.29 is 4.79 Å². The lowest BCUT2D eigenvalue weighted by Gasteiger charge is -2.22. The molecule has 1 atom stereocenters. The van der Waals surface area contributed by atoms with Gasteiger partial charge in [0.1, 0.15) is 5.82 Å². The van der Waals surface area contributed by atoms with Crippen LogP contribution in [0.15, 0.2) is 36.2 Å². The average Bonchev–Trinajstić information content (AvgIpc) is 2.68. The number of nitrogens with zero attached hydrogens (tertiary/aromatic N) is 2. The SMILES string of the molecule is CC.CCCCC1C=C(C)C(c2cc3cnc(NC(C)=O)cc3c(C)n2)=CN1. The highest BCUT2D eigenvalue weighted by Gasteiger charge is 2.16. The number of fused-ring (bicyclic) bond motifs is 1. The largest absolute Gasteiger partial charge is 0.384 e. The molecular weight excluding hydrogens is 348 g/mol. The Balaban J connectivity index is 0.00000136. The van der Waals surface area contributed by atoms with Gasteiger partial charge in [0.25, 0.3) is 0 Å². The second-order valence-corrected chi connectivity index (χ2v) is 6.89. The minimum Gasteiger partial charge on any atom is -0.384 e. The van der Waals surface area contributed by atoms with E-state index in [0.29, 0.717) is 11.9 Å². The Bertz CT molecular complexity index is 899. The average molecular weight is 381 g/mol. The highest BCUT2D eigenvalue weighted by molar-refractivity contribution is 5.93. The standard InChI is InChI=1S/C21H26N4O.C2H6/c1-5-6-7-17-8-13(2)19(12-22-17)20-9-16-11-23-21(25-15(4)26)10-18(16)14(3)24-20;1-2/h8-12,17,22H,5-7H2,1-4H3,(H,23,25,26);1-2H3. The predicted molar refractivity (Wildman–Crippen MR) is 118 cm³/mol. The smallest absolute Gasteiger partial charge is 0.222 e. The van der Waals surface area contributed by atoms with Gasteiger partial charge in [-0.25, -0.2) is 4.98 Å². The molecule has 28 heavy (non-hydrogen) atoms. The van der Waals surface area contributed by atoms with Crippen molar-refractivity contribution in [2.24, 2.45) is 0 Å². The summed E-state index contributed by atoms with van der Waals surface area (Å²) < 4.78 is 0. The van der Waals surface area contributed by atoms with Gasteiger partial charge in [-0.05, 0) is 38.0 Å². The first-order chi connectivity index (χ1) is 13.5. The summed E-state index contributed by atoms with van der Waals surface area (Å²) in [6, 6.07) is 4.34. The fraction of sp³-hybridized carbons (Fsp3) is 0.435. The zero-order chi connectivity index (χ0) is 20.7. The molecule has 0 radical (unpaired) electrons. The van der Waals surface area contributed by atoms with Gasteiger partial charge in [-0.2, -0.15) is 0 Å². The van der Waals surface area contributed by atoms with Gasteiger partial charge in [-0.1, -0.05) is 39.7 Å². The van der Waals surface area contributed by atoms with Crippen LogP contribution in [0.4, 0.5) is 5.82 Å². The van der Waals surface area contributed by atoms with Crippen molar-refractivity contribution in [3.8, 4) is 0 Å². The first-order valence-electron chi connectivity index (χ1n) is 10.2. The number of pyridine rings is 2. The molecular formula is C23H32N4O. The number of rotatable bonds is 5. The highest BCUT2D eigenvalue weighted by atomic mass is 16.1. The number of nitrogens with one attached hydrogen (secondary N) is 2. The number of carbonyl (C=O) groups excluding carboxylic acids is 1. The topological polar surface area (TPSA) is 66.9 Å². The molecule has 1 unspecified atom stereocenters. The first kappa shape index (κ1) is 21.6. The molecule has 3 rings (SSSR count). The number of carbonyl (C=O) groups is 1. The molecule has 0 aromatic carbocycles. The zero-order valence-electron chi connectivity index (χ0n) is 17.9. The lowest BCUT2D eigenvalue weighted by atomic mass is 9.96. The summed E-state index contributed by atoms with van der Waals surface area (Å²) in [4.78, 5) is 20.4. The first-order valence-corrected chi connectivity index (χ1v) is 10.2. The van der Waals surface area contributed by atoms with Crippen LogP contribution in [0.1, 0.15) is 65.3 Å². The Morgan fingerprint density at radius 3 is 2.64 bits per heavy atom. The van der Waals surface area contributed by atoms with E-state index < -0.39 is 0 Å². The molecule has 0 bridgehead atoms. The number of allylic oxidation sites excluding steroid dienone is 2. The molecule has 0 aliphatic carbocycles. The van der Waals surface area contributed by atoms with E-state index >= 15 is 0 Å². The normalized spacial score (nSPS) is 15.7. The highest BCUT2D eigenvalue weighted by Crippen LogP contribution is 2.29. The van der Waals surface area contributed by atoms with Gasteiger partial charge < -0.3 is 10.6 Å². The van der Waals surface area contributed by atoms with Crippen molar-refractivity contribution >= 4 is 28.1 Å². The number of hydrogen-bond acceptors (Lipinski definition) is 4. The fourth-order valence-corrected chi connectivity index (χ4v) is 3.31. The van der Waals surface area contributed by atoms with Crippen molar-refractivity contribution in [3.05, 3.63) is 47.6 Å². The molecule has 150 valence electrons. The van der Waals surface area contributed by atoms with Crippen molar-refractivity contribution in [1.29, 1.82) is 0 Å². The van der Waals surface area contributed by atoms with Crippen molar-refractivity contribution in [2.75, 3.05) is 5.32 Å². The van der Waals surface area contributed by atoms with Crippen LogP contribution in [-0.4, -0.2) is 21.9 Å². The van der Waals surface area contributed by atoms with E-state index in [9.17, 15) is 4.79 Å². The van der Waals surface area contributed by atoms with Crippen LogP contribution in [-0.2, 0) is 4.79 Å². The van der Waals surface area contributed by atoms with E-state index in [1.54, 1.807) is 6.20 Å². The van der Waals surface area contributed by atoms with E-state index in [2.05, 4.69) is 47.8 Å². The summed E-state index contributed by atoms with van der Waals surface area (Å²) in [6.07, 6.45) is 9.75. The molecule has 5 heteroatoms. The lowest BCUT2D eigenvalue weighted by Crippen LogP contribution is -2.25. The molecule has 0 spiro atoms. The van der Waals surface area contributed by atoms with E-state index in [1.165, 1.54) is 25.3 Å². The van der Waals surface area contributed by atoms with E-state index in [-0.39, 0.29) is 5.91 Å². The number of dihydropyridines is 1. The maximum atomic E-state index is 11.2. The fourth-order valence-electron chi connectivity index (χ4n) is 3.31. The quantitative estimate of drug-likeness (QED) is 0.731. The second kappa shape index (κ2) is 10.0. The lowest BCUT2D eigenvalue weighted by molar-refractivity contribution is -0.114. The van der Waals surface area contributed by atoms with Crippen molar-refractivity contribution in [1.82, 2.24) is 15.3 Å². The van der Waals surface area contributed by atoms with Gasteiger partial charge in [0, 0.05) is 47.4 Å². The van der Waals surface area contributed by atoms with E-state index in [0.717, 1.165) is 34.2 Å². The van der Waals surface area contributed by atoms with E-state index in [1.807, 2.05) is 26.8 Å². The Labute approximate surface area is 168 Å². The number of hydrogen-bond donors (Lipinski definition) is 2. The summed E-state index contributed by atoms with van der Waals surface area (Å²) in [5, 5.41) is 8.23. The van der Waals surface area contributed by atoms with Crippen LogP contribution in [0.5, 0.6) is 0 Å². The second-order valence-electron chi connectivity index (χ2n) is 6.89. The summed E-state index contributed by atoms with van der Waals surface area (Å²) in [5.41, 5.74) is 4.24. The number of amides is 1. The maximum absolute atomic E-state index is 11.2. The molecule has 1 amide bonds. The maximum Gasteiger partial charge on any atom is 0.222 e. The monoisotopic (exact) mass is 380 g/mol. The van der Waals surface area contributed by atoms with Crippen LogP contribution < -0.4 is 10.6 Å². The van der Waals surface area contributed by atoms with Crippen LogP contribution in [0.25, 0.3) is 16.3 Å². The number of aryl methyl sites for hydroxylation is 1. The van der Waals surface area contributed by atoms with Gasteiger partial charge in [0.2, 0.25) is 5.91 Å². The minimum absolute atomic E-state index is 0.129. The zero-order valence-corrected chi connectivity index (χ0v) is 17.9. The van der Waals surface area contributed by atoms with Crippen LogP contribution in [0.3, 0.4) is 0 Å². The van der Waals surface area contributed by atoms with Gasteiger partial charge in [0.15, 0.2) is 0 Å². The molecule has 2 N–H and O–H groups in total. The molecule has 1 aliphatic rings. The van der Waals surface area contributed by atoms with E-state index in [4.69, 9.17) is 4.98 Å². The Morgan fingerprint density at radius 2 is 2.00 bits per heavy atom. The number of unbranched alkanes of at least 4 members (excludes halogenated alkanes) is 1. The van der Waals surface area contributed by atoms with Crippen molar-refractivity contribution in [3.63, 3.8) is 0 Å². The summed E-state index contributed by atoms with van der Waals surface area (Å²) >= 11 is 0. The summed E-state index contributed by atoms with van der Waals surface area (Å²) in [6.45, 7) is 11.8. The third-order valence-corrected chi connectivity index (χ3v) is 4.67. The third kappa shape index (κ3) is 5.18. The molecule has 1 aliphatic heterocycles. The number of anilines is 1. The van der Waals surface area contributed by atoms with Crippen LogP contribution in [0.2, 0.25) is 0 Å². The van der Waals surface area contributed by atoms with Crippen LogP contribution >= 0.6 is 0 Å². The molecule has 2 aromatic rings. The van der Waals surface area contributed by atoms with Gasteiger partial charge in [0.05, 0.1) is 5.69 Å². The molecule has 5 nitrogen and oxygen atoms in total. The van der Waals surface area contributed by atoms with Crippen LogP contribution in [0, 0.1) is 6.92 Å². The molecule has 3 heterocycles. The Hall–Kier alpha value is -2.69. The van der Waals surface area contributed by atoms with Gasteiger partial charge in [-0.3, -0.25) is 9.78 Å². The third-order valence-electron chi connectivity index (χ3n) is 4.67. The molecule has 0 fully saturated rings. The Morgan fingerprint density at radius 1 is 1.25 bits per heavy atom. The Kier molecular flexibility index (Phi) is 7.73. The molecule has 0 saturated heterocycles. The molecule has 2 aromatic heterocycles. The molecule has 0 saturated carbocycles. The minimum atomic E-state index is -0.129. The van der Waals surface area contributed by atoms with Gasteiger partial charge >= 0.3 is 0 Å². The van der Waals surface area contributed by atoms with Crippen molar-refractivity contribution in [2.45, 2.75) is 66.8 Å². The number of aromatic nitrogens is 2. The van der Waals surface area contributed by atoms with Gasteiger partial charge in [-0.15, -0.1) is 0 Å². The summed E-state index contributed by atoms with van der Waals surface area (Å²) in [7, 11) is 0. The predicted octanol–water partition coefficient (Wildman–Crippen LogP) is 5.37. The summed E-state index contributed by atoms with van der Waals surface area (Å²) in [5.74, 6) is 0.423.